The summed E-state index contributed by atoms with van der Waals surface area (Å²) in [6, 6.07) is 0. The van der Waals surface area contributed by atoms with Gasteiger partial charge in [-0.3, -0.25) is 14.2 Å². The van der Waals surface area contributed by atoms with Crippen LogP contribution in [0.5, 0.6) is 0 Å². The number of hydrogen-bond donors (Lipinski definition) is 0. The van der Waals surface area contributed by atoms with Crippen molar-refractivity contribution in [2.75, 3.05) is 47.5 Å². The van der Waals surface area contributed by atoms with Crippen LogP contribution in [0.4, 0.5) is 0 Å². The predicted octanol–water partition coefficient (Wildman–Crippen LogP) is 24.9. The first-order valence-corrected chi connectivity index (χ1v) is 40.1. The minimum Gasteiger partial charge on any atom is -0.756 e. The van der Waals surface area contributed by atoms with E-state index in [1.165, 1.54) is 276 Å². The van der Waals surface area contributed by atoms with Crippen molar-refractivity contribution in [1.29, 1.82) is 0 Å². The number of ether oxygens (including phenoxy) is 2. The molecule has 0 spiro atoms. The van der Waals surface area contributed by atoms with Crippen LogP contribution < -0.4 is 4.89 Å². The molecule has 0 rings (SSSR count). The smallest absolute Gasteiger partial charge is 0.306 e. The van der Waals surface area contributed by atoms with Crippen LogP contribution >= 0.6 is 7.82 Å². The summed E-state index contributed by atoms with van der Waals surface area (Å²) in [6.45, 7) is 4.18. The molecule has 2 atom stereocenters. The number of allylic oxidation sites excluding steroid dienone is 12. The summed E-state index contributed by atoms with van der Waals surface area (Å²) < 4.78 is 34.4. The molecular formula is C80H148NO8P. The van der Waals surface area contributed by atoms with Crippen LogP contribution in [0, 0.1) is 0 Å². The van der Waals surface area contributed by atoms with Crippen molar-refractivity contribution in [3.63, 3.8) is 0 Å². The number of quaternary nitrogens is 1. The minimum absolute atomic E-state index is 0.0293. The third-order valence-electron chi connectivity index (χ3n) is 17.2. The van der Waals surface area contributed by atoms with E-state index in [0.29, 0.717) is 17.4 Å². The Labute approximate surface area is 559 Å². The van der Waals surface area contributed by atoms with Crippen molar-refractivity contribution in [3.8, 4) is 0 Å². The number of phosphoric acid groups is 1. The molecule has 0 aliphatic carbocycles. The van der Waals surface area contributed by atoms with Gasteiger partial charge in [-0.1, -0.05) is 350 Å². The molecule has 0 aliphatic heterocycles. The van der Waals surface area contributed by atoms with E-state index >= 15 is 0 Å². The quantitative estimate of drug-likeness (QED) is 0.0195. The highest BCUT2D eigenvalue weighted by Gasteiger charge is 2.22. The summed E-state index contributed by atoms with van der Waals surface area (Å²) >= 11 is 0. The molecule has 0 saturated heterocycles. The normalized spacial score (nSPS) is 13.4. The average Bonchev–Trinajstić information content (AvgIpc) is 3.61. The van der Waals surface area contributed by atoms with E-state index in [9.17, 15) is 19.0 Å². The van der Waals surface area contributed by atoms with Crippen molar-refractivity contribution in [2.24, 2.45) is 0 Å². The van der Waals surface area contributed by atoms with E-state index in [4.69, 9.17) is 18.5 Å². The van der Waals surface area contributed by atoms with Crippen molar-refractivity contribution in [1.82, 2.24) is 0 Å². The molecule has 0 saturated carbocycles. The van der Waals surface area contributed by atoms with Gasteiger partial charge in [-0.15, -0.1) is 0 Å². The van der Waals surface area contributed by atoms with Crippen LogP contribution in [0.25, 0.3) is 0 Å². The summed E-state index contributed by atoms with van der Waals surface area (Å²) in [5.74, 6) is -0.813. The second kappa shape index (κ2) is 70.8. The summed E-state index contributed by atoms with van der Waals surface area (Å²) in [6.07, 6.45) is 95.9. The lowest BCUT2D eigenvalue weighted by Gasteiger charge is -2.28. The number of nitrogens with zero attached hydrogens (tertiary/aromatic N) is 1. The topological polar surface area (TPSA) is 111 Å². The molecule has 10 heteroatoms. The first-order valence-electron chi connectivity index (χ1n) is 38.6. The Bertz CT molecular complexity index is 1750. The Kier molecular flexibility index (Phi) is 68.8. The zero-order chi connectivity index (χ0) is 65.5. The van der Waals surface area contributed by atoms with E-state index in [2.05, 4.69) is 86.8 Å². The zero-order valence-electron chi connectivity index (χ0n) is 60.1. The number of esters is 2. The number of carbonyl (C=O) groups is 2. The molecular weight excluding hydrogens is 1130 g/mol. The molecule has 526 valence electrons. The lowest BCUT2D eigenvalue weighted by molar-refractivity contribution is -0.870. The SMILES string of the molecule is CC/C=C\C/C=C\C/C=C\C/C=C\CCCCCCCCCCCCCCCCCCCCCCCCC(=O)OC(COC(=O)CCCCCCCCCCCCCCCCCCCCC/C=C\C/C=C\CCCCCCC)COP(=O)([O-])OCC[N+](C)(C)C. The van der Waals surface area contributed by atoms with Crippen molar-refractivity contribution in [2.45, 2.75) is 380 Å². The number of phosphoric ester groups is 1. The molecule has 0 fully saturated rings. The largest absolute Gasteiger partial charge is 0.756 e. The van der Waals surface area contributed by atoms with E-state index in [1.54, 1.807) is 0 Å². The second-order valence-electron chi connectivity index (χ2n) is 27.3. The van der Waals surface area contributed by atoms with Gasteiger partial charge in [-0.25, -0.2) is 0 Å². The summed E-state index contributed by atoms with van der Waals surface area (Å²) in [4.78, 5) is 38.2. The lowest BCUT2D eigenvalue weighted by Crippen LogP contribution is -2.37. The van der Waals surface area contributed by atoms with Gasteiger partial charge in [0, 0.05) is 12.8 Å². The third-order valence-corrected chi connectivity index (χ3v) is 18.2. The molecule has 0 N–H and O–H groups in total. The number of carbonyl (C=O) groups excluding carboxylic acids is 2. The Hall–Kier alpha value is -2.55. The molecule has 0 aromatic rings. The molecule has 0 amide bonds. The first kappa shape index (κ1) is 87.5. The molecule has 9 nitrogen and oxygen atoms in total. The standard InChI is InChI=1S/C80H148NO8P/c1-6-8-10-12-14-16-18-20-22-24-26-28-30-32-34-36-38-39-40-41-43-45-47-49-51-53-55-57-59-61-63-65-67-69-71-73-80(83)89-78(77-88-90(84,85)87-75-74-81(3,4)5)76-86-79(82)72-70-68-66-64-62-60-58-56-54-52-50-48-46-44-42-37-35-33-31-29-27-25-23-21-19-17-15-13-11-9-7-2/h8,10,14,16,19-22,25-28,78H,6-7,9,11-13,15,17-18,23-24,29-77H2,1-5H3/b10-8-,16-14-,21-19-,22-20-,27-25-,28-26-. The Morgan fingerprint density at radius 1 is 0.356 bits per heavy atom. The van der Waals surface area contributed by atoms with E-state index < -0.39 is 26.5 Å². The lowest BCUT2D eigenvalue weighted by atomic mass is 10.0. The van der Waals surface area contributed by atoms with Crippen LogP contribution in [0.1, 0.15) is 373 Å². The minimum atomic E-state index is -4.64. The fourth-order valence-electron chi connectivity index (χ4n) is 11.3. The van der Waals surface area contributed by atoms with Gasteiger partial charge in [0.2, 0.25) is 0 Å². The van der Waals surface area contributed by atoms with Crippen molar-refractivity contribution >= 4 is 19.8 Å². The predicted molar refractivity (Wildman–Crippen MR) is 388 cm³/mol. The summed E-state index contributed by atoms with van der Waals surface area (Å²) in [7, 11) is 1.18. The fraction of sp³-hybridized carbons (Fsp3) is 0.825. The van der Waals surface area contributed by atoms with Gasteiger partial charge in [0.05, 0.1) is 27.7 Å². The van der Waals surface area contributed by atoms with Crippen LogP contribution in [-0.2, 0) is 32.7 Å². The molecule has 2 unspecified atom stereocenters. The molecule has 0 radical (unpaired) electrons. The fourth-order valence-corrected chi connectivity index (χ4v) is 12.1. The molecule has 0 aromatic heterocycles. The van der Waals surface area contributed by atoms with Crippen molar-refractivity contribution < 1.29 is 42.1 Å². The summed E-state index contributed by atoms with van der Waals surface area (Å²) in [5, 5.41) is 0. The molecule has 0 aromatic carbocycles. The van der Waals surface area contributed by atoms with Gasteiger partial charge in [0.25, 0.3) is 7.82 Å². The van der Waals surface area contributed by atoms with Crippen LogP contribution in [-0.4, -0.2) is 70.0 Å². The molecule has 0 bridgehead atoms. The van der Waals surface area contributed by atoms with Gasteiger partial charge in [-0.2, -0.15) is 0 Å². The maximum Gasteiger partial charge on any atom is 0.306 e. The maximum atomic E-state index is 12.9. The molecule has 0 aliphatic rings. The number of hydrogen-bond acceptors (Lipinski definition) is 8. The number of likely N-dealkylation sites (N-methyl/N-ethyl adjacent to an activating group) is 1. The highest BCUT2D eigenvalue weighted by Crippen LogP contribution is 2.38. The van der Waals surface area contributed by atoms with Gasteiger partial charge < -0.3 is 27.9 Å². The highest BCUT2D eigenvalue weighted by atomic mass is 31.2. The Balaban J connectivity index is 3.94. The van der Waals surface area contributed by atoms with Gasteiger partial charge in [0.1, 0.15) is 19.8 Å². The van der Waals surface area contributed by atoms with Gasteiger partial charge in [0.15, 0.2) is 6.10 Å². The summed E-state index contributed by atoms with van der Waals surface area (Å²) in [5.41, 5.74) is 0. The third kappa shape index (κ3) is 74.5. The van der Waals surface area contributed by atoms with Gasteiger partial charge >= 0.3 is 11.9 Å². The van der Waals surface area contributed by atoms with Crippen LogP contribution in [0.2, 0.25) is 0 Å². The monoisotopic (exact) mass is 1280 g/mol. The number of unbranched alkanes of at least 4 members (excludes halogenated alkanes) is 46. The first-order chi connectivity index (χ1) is 44.0. The van der Waals surface area contributed by atoms with Crippen LogP contribution in [0.3, 0.4) is 0 Å². The van der Waals surface area contributed by atoms with E-state index in [0.717, 1.165) is 64.2 Å². The molecule has 90 heavy (non-hydrogen) atoms. The van der Waals surface area contributed by atoms with Crippen LogP contribution in [0.15, 0.2) is 72.9 Å². The zero-order valence-corrected chi connectivity index (χ0v) is 61.0. The van der Waals surface area contributed by atoms with Crippen molar-refractivity contribution in [3.05, 3.63) is 72.9 Å². The van der Waals surface area contributed by atoms with Gasteiger partial charge in [-0.05, 0) is 83.5 Å². The second-order valence-corrected chi connectivity index (χ2v) is 28.8. The average molecular weight is 1280 g/mol. The Morgan fingerprint density at radius 3 is 0.944 bits per heavy atom. The maximum absolute atomic E-state index is 12.9. The highest BCUT2D eigenvalue weighted by molar-refractivity contribution is 7.45. The van der Waals surface area contributed by atoms with E-state index in [-0.39, 0.29) is 32.0 Å². The Morgan fingerprint density at radius 2 is 0.633 bits per heavy atom. The molecule has 0 heterocycles. The van der Waals surface area contributed by atoms with E-state index in [1.807, 2.05) is 21.1 Å². The number of rotatable bonds is 72.